The van der Waals surface area contributed by atoms with Crippen LogP contribution in [0.4, 0.5) is 0 Å². The second kappa shape index (κ2) is 13.2. The number of esters is 2. The minimum Gasteiger partial charge on any atom is -0.469 e. The van der Waals surface area contributed by atoms with Crippen molar-refractivity contribution in [2.75, 3.05) is 14.2 Å². The summed E-state index contributed by atoms with van der Waals surface area (Å²) >= 11 is -4.73. The molecule has 3 aromatic heterocycles. The molecule has 5 heterocycles. The predicted octanol–water partition coefficient (Wildman–Crippen LogP) is 5.86. The van der Waals surface area contributed by atoms with Gasteiger partial charge in [0.2, 0.25) is 0 Å². The summed E-state index contributed by atoms with van der Waals surface area (Å²) in [5, 5.41) is 0. The number of fused-ring (bicyclic) bond motifs is 8. The van der Waals surface area contributed by atoms with Gasteiger partial charge in [-0.1, -0.05) is 0 Å². The van der Waals surface area contributed by atoms with Crippen LogP contribution in [0.25, 0.3) is 44.4 Å². The van der Waals surface area contributed by atoms with E-state index in [1.54, 1.807) is 32.0 Å². The number of nitrogens with zero attached hydrogens (tertiary/aromatic N) is 2. The number of nitrogens with one attached hydrogen (secondary N) is 2. The smallest absolute Gasteiger partial charge is 0.305 e. The molecule has 8 bridgehead atoms. The number of hydrogen-bond acceptors (Lipinski definition) is 8. The molecule has 242 valence electrons. The fourth-order valence-electron chi connectivity index (χ4n) is 5.79. The van der Waals surface area contributed by atoms with E-state index in [9.17, 15) is 27.1 Å². The number of carbonyl (C=O) groups is 2. The average Bonchev–Trinajstić information content (AvgIpc) is 3.67. The molecule has 14 heteroatoms. The SMILES string of the molecule is COC(=O)CCC1=C(C)c2cc3[nH]c(cc4[nH]c(cc5nc(cc1n2)C(CCC(=O)OC)=C5C)c(S(=O)O)c4C)c(S(=O)O)c3C. The number of H-pyrrole nitrogens is 2. The van der Waals surface area contributed by atoms with Gasteiger partial charge < -0.3 is 28.5 Å². The number of allylic oxidation sites excluding steroid dienone is 4. The van der Waals surface area contributed by atoms with E-state index < -0.39 is 22.2 Å². The molecule has 0 aliphatic carbocycles. The summed E-state index contributed by atoms with van der Waals surface area (Å²) in [6, 6.07) is 6.90. The number of aromatic amines is 2. The Morgan fingerprint density at radius 3 is 1.46 bits per heavy atom. The Kier molecular flexibility index (Phi) is 9.54. The van der Waals surface area contributed by atoms with E-state index in [0.717, 1.165) is 22.3 Å². The summed E-state index contributed by atoms with van der Waals surface area (Å²) in [4.78, 5) is 40.8. The molecule has 0 radical (unpaired) electrons. The molecule has 3 aromatic rings. The zero-order chi connectivity index (χ0) is 33.4. The minimum atomic E-state index is -2.38. The second-order valence-electron chi connectivity index (χ2n) is 11.0. The van der Waals surface area contributed by atoms with Crippen molar-refractivity contribution >= 4 is 78.5 Å². The van der Waals surface area contributed by atoms with Gasteiger partial charge in [-0.25, -0.2) is 18.4 Å². The number of ether oxygens (including phenoxy) is 2. The molecule has 46 heavy (non-hydrogen) atoms. The molecule has 0 saturated heterocycles. The van der Waals surface area contributed by atoms with Crippen LogP contribution in [0.15, 0.2) is 34.1 Å². The fourth-order valence-corrected chi connectivity index (χ4v) is 7.13. The van der Waals surface area contributed by atoms with Crippen LogP contribution < -0.4 is 0 Å². The number of methoxy groups -OCH3 is 2. The molecule has 0 amide bonds. The zero-order valence-electron chi connectivity index (χ0n) is 26.2. The lowest BCUT2D eigenvalue weighted by Crippen LogP contribution is -2.01. The third kappa shape index (κ3) is 6.25. The van der Waals surface area contributed by atoms with Gasteiger partial charge in [-0.05, 0) is 98.2 Å². The molecule has 12 nitrogen and oxygen atoms in total. The molecule has 2 unspecified atom stereocenters. The first-order valence-electron chi connectivity index (χ1n) is 14.4. The number of rotatable bonds is 8. The second-order valence-corrected chi connectivity index (χ2v) is 12.8. The van der Waals surface area contributed by atoms with Gasteiger partial charge in [0.05, 0.1) is 57.8 Å². The molecule has 2 atom stereocenters. The van der Waals surface area contributed by atoms with E-state index in [0.29, 0.717) is 68.8 Å². The summed E-state index contributed by atoms with van der Waals surface area (Å²) < 4.78 is 55.4. The zero-order valence-corrected chi connectivity index (χ0v) is 27.8. The summed E-state index contributed by atoms with van der Waals surface area (Å²) in [6.45, 7) is 7.17. The normalized spacial score (nSPS) is 14.4. The third-order valence-electron chi connectivity index (χ3n) is 8.38. The average molecular weight is 667 g/mol. The van der Waals surface area contributed by atoms with E-state index in [1.807, 2.05) is 19.9 Å². The number of carbonyl (C=O) groups excluding carboxylic acids is 2. The molecule has 5 rings (SSSR count). The van der Waals surface area contributed by atoms with Gasteiger partial charge in [-0.2, -0.15) is 0 Å². The summed E-state index contributed by atoms with van der Waals surface area (Å²) in [5.41, 5.74) is 8.11. The van der Waals surface area contributed by atoms with Gasteiger partial charge >= 0.3 is 11.9 Å². The van der Waals surface area contributed by atoms with Gasteiger partial charge in [-0.3, -0.25) is 9.59 Å². The first kappa shape index (κ1) is 33.1. The summed E-state index contributed by atoms with van der Waals surface area (Å²) in [5.74, 6) is -0.753. The van der Waals surface area contributed by atoms with Crippen LogP contribution in [-0.4, -0.2) is 63.6 Å². The highest BCUT2D eigenvalue weighted by atomic mass is 32.2. The highest BCUT2D eigenvalue weighted by Crippen LogP contribution is 2.38. The highest BCUT2D eigenvalue weighted by Gasteiger charge is 2.24. The molecule has 0 saturated carbocycles. The van der Waals surface area contributed by atoms with Crippen molar-refractivity contribution in [1.82, 2.24) is 19.9 Å². The Balaban J connectivity index is 1.93. The van der Waals surface area contributed by atoms with Crippen molar-refractivity contribution in [3.63, 3.8) is 0 Å². The first-order chi connectivity index (χ1) is 21.8. The van der Waals surface area contributed by atoms with Gasteiger partial charge in [0.25, 0.3) is 0 Å². The number of aromatic nitrogens is 4. The predicted molar refractivity (Wildman–Crippen MR) is 176 cm³/mol. The minimum absolute atomic E-state index is 0.112. The van der Waals surface area contributed by atoms with Crippen LogP contribution in [0, 0.1) is 13.8 Å². The van der Waals surface area contributed by atoms with Crippen molar-refractivity contribution in [2.24, 2.45) is 0 Å². The summed E-state index contributed by atoms with van der Waals surface area (Å²) in [6.07, 6.45) is 0.898. The lowest BCUT2D eigenvalue weighted by molar-refractivity contribution is -0.141. The van der Waals surface area contributed by atoms with E-state index in [1.165, 1.54) is 14.2 Å². The Morgan fingerprint density at radius 2 is 1.04 bits per heavy atom. The van der Waals surface area contributed by atoms with Crippen molar-refractivity contribution in [2.45, 2.75) is 63.2 Å². The van der Waals surface area contributed by atoms with E-state index in [-0.39, 0.29) is 34.6 Å². The van der Waals surface area contributed by atoms with E-state index >= 15 is 0 Å². The van der Waals surface area contributed by atoms with Crippen molar-refractivity contribution in [3.05, 3.63) is 58.2 Å². The Labute approximate surface area is 269 Å². The molecule has 2 aliphatic heterocycles. The monoisotopic (exact) mass is 666 g/mol. The Bertz CT molecular complexity index is 2070. The van der Waals surface area contributed by atoms with Crippen LogP contribution >= 0.6 is 0 Å². The maximum absolute atomic E-state index is 12.6. The van der Waals surface area contributed by atoms with E-state index in [4.69, 9.17) is 19.4 Å². The largest absolute Gasteiger partial charge is 0.469 e. The maximum Gasteiger partial charge on any atom is 0.305 e. The van der Waals surface area contributed by atoms with Crippen molar-refractivity contribution < 1.29 is 36.6 Å². The number of hydrogen-bond donors (Lipinski definition) is 4. The van der Waals surface area contributed by atoms with Crippen LogP contribution in [0.3, 0.4) is 0 Å². The van der Waals surface area contributed by atoms with Crippen LogP contribution in [0.1, 0.15) is 73.4 Å². The lowest BCUT2D eigenvalue weighted by Gasteiger charge is -2.06. The topological polar surface area (TPSA) is 185 Å². The highest BCUT2D eigenvalue weighted by molar-refractivity contribution is 7.79. The molecule has 0 spiro atoms. The molecular formula is C32H34N4O8S2. The van der Waals surface area contributed by atoms with E-state index in [2.05, 4.69) is 9.97 Å². The standard InChI is InChI=1S/C32H34N4O8S2/c1-15-19(7-9-29(37)43-5)25-14-26-20(8-10-30(38)44-6)16(2)22(34-26)12-27-32(46(41)42)18(4)24(36-27)13-28-31(45(39)40)17(3)23(35-28)11-21(15)33-25/h11-14,35-36H,7-10H2,1-6H3,(H,39,40)(H,41,42). The van der Waals surface area contributed by atoms with Crippen LogP contribution in [-0.2, 0) is 41.2 Å². The molecule has 2 aliphatic rings. The van der Waals surface area contributed by atoms with Gasteiger partial charge in [-0.15, -0.1) is 0 Å². The molecule has 0 fully saturated rings. The number of aryl methyl sites for hydroxylation is 2. The molecule has 0 aromatic carbocycles. The fraction of sp³-hybridized carbons (Fsp3) is 0.312. The lowest BCUT2D eigenvalue weighted by atomic mass is 9.98. The third-order valence-corrected chi connectivity index (χ3v) is 10.1. The Morgan fingerprint density at radius 1 is 0.652 bits per heavy atom. The quantitative estimate of drug-likeness (QED) is 0.168. The van der Waals surface area contributed by atoms with Crippen molar-refractivity contribution in [3.8, 4) is 0 Å². The summed E-state index contributed by atoms with van der Waals surface area (Å²) in [7, 11) is 2.66. The first-order valence-corrected chi connectivity index (χ1v) is 16.6. The van der Waals surface area contributed by atoms with Crippen LogP contribution in [0.2, 0.25) is 0 Å². The van der Waals surface area contributed by atoms with Gasteiger partial charge in [0.1, 0.15) is 0 Å². The maximum atomic E-state index is 12.6. The Hall–Kier alpha value is -4.24. The van der Waals surface area contributed by atoms with Crippen molar-refractivity contribution in [1.29, 1.82) is 0 Å². The van der Waals surface area contributed by atoms with Gasteiger partial charge in [0.15, 0.2) is 22.2 Å². The van der Waals surface area contributed by atoms with Crippen LogP contribution in [0.5, 0.6) is 0 Å². The molecular weight excluding hydrogens is 633 g/mol. The molecule has 4 N–H and O–H groups in total. The van der Waals surface area contributed by atoms with Gasteiger partial charge in [0, 0.05) is 23.9 Å².